The van der Waals surface area contributed by atoms with Crippen LogP contribution in [0.5, 0.6) is 17.2 Å². The third kappa shape index (κ3) is 8.88. The molecule has 2 saturated carbocycles. The van der Waals surface area contributed by atoms with Crippen molar-refractivity contribution in [2.75, 3.05) is 24.7 Å². The Morgan fingerprint density at radius 1 is 0.741 bits per heavy atom. The molecule has 0 saturated heterocycles. The number of carboxylic acids is 1. The van der Waals surface area contributed by atoms with E-state index in [0.717, 1.165) is 42.7 Å². The van der Waals surface area contributed by atoms with Crippen LogP contribution in [-0.4, -0.2) is 54.6 Å². The highest BCUT2D eigenvalue weighted by Gasteiger charge is 2.39. The molecule has 0 unspecified atom stereocenters. The summed E-state index contributed by atoms with van der Waals surface area (Å²) < 4.78 is 113. The highest BCUT2D eigenvalue weighted by Crippen LogP contribution is 2.35. The van der Waals surface area contributed by atoms with Gasteiger partial charge in [0.15, 0.2) is 28.2 Å². The number of nitrogens with zero attached hydrogens (tertiary/aromatic N) is 2. The molecule has 0 heterocycles. The summed E-state index contributed by atoms with van der Waals surface area (Å²) in [6.07, 6.45) is 4.01. The van der Waals surface area contributed by atoms with Gasteiger partial charge in [0.1, 0.15) is 22.8 Å². The Bertz CT molecular complexity index is 2140. The molecule has 0 radical (unpaired) electrons. The quantitative estimate of drug-likeness (QED) is 0.0680. The van der Waals surface area contributed by atoms with Crippen molar-refractivity contribution in [2.45, 2.75) is 43.7 Å². The zero-order valence-corrected chi connectivity index (χ0v) is 29.8. The number of hydrogen-bond acceptors (Lipinski definition) is 7. The fraction of sp³-hybridized carbons (Fsp3) is 0.297. The molecule has 0 atom stereocenters. The minimum Gasteiger partial charge on any atom is -0.507 e. The highest BCUT2D eigenvalue weighted by atomic mass is 35.5. The van der Waals surface area contributed by atoms with Gasteiger partial charge in [-0.05, 0) is 85.0 Å². The van der Waals surface area contributed by atoms with Crippen LogP contribution in [0, 0.1) is 40.9 Å². The minimum absolute atomic E-state index is 0.118. The summed E-state index contributed by atoms with van der Waals surface area (Å²) >= 11 is 5.95. The van der Waals surface area contributed by atoms with Gasteiger partial charge in [-0.1, -0.05) is 23.7 Å². The summed E-state index contributed by atoms with van der Waals surface area (Å²) in [7, 11) is -5.69. The minimum atomic E-state index is -5.69. The van der Waals surface area contributed by atoms with Gasteiger partial charge in [-0.25, -0.2) is 35.2 Å². The van der Waals surface area contributed by atoms with E-state index in [2.05, 4.69) is 0 Å². The van der Waals surface area contributed by atoms with Crippen molar-refractivity contribution in [3.05, 3.63) is 111 Å². The van der Waals surface area contributed by atoms with Gasteiger partial charge in [-0.2, -0.15) is 4.31 Å². The van der Waals surface area contributed by atoms with Crippen LogP contribution in [0.2, 0.25) is 5.02 Å². The van der Waals surface area contributed by atoms with Crippen LogP contribution >= 0.6 is 11.6 Å². The summed E-state index contributed by atoms with van der Waals surface area (Å²) in [5.41, 5.74) is -0.147. The number of amides is 1. The molecule has 6 rings (SSSR count). The van der Waals surface area contributed by atoms with Crippen LogP contribution in [0.4, 0.5) is 27.6 Å². The Morgan fingerprint density at radius 2 is 1.28 bits per heavy atom. The van der Waals surface area contributed by atoms with Crippen molar-refractivity contribution >= 4 is 39.2 Å². The summed E-state index contributed by atoms with van der Waals surface area (Å²) in [5, 5.41) is 20.3. The van der Waals surface area contributed by atoms with Crippen molar-refractivity contribution in [2.24, 2.45) is 11.8 Å². The maximum absolute atomic E-state index is 15.0. The van der Waals surface area contributed by atoms with Crippen LogP contribution in [0.1, 0.15) is 47.2 Å². The molecule has 4 aromatic rings. The first-order chi connectivity index (χ1) is 25.6. The number of carboxylic acid groups (broad SMARTS) is 1. The van der Waals surface area contributed by atoms with Crippen molar-refractivity contribution in [3.8, 4) is 17.2 Å². The standard InChI is InChI=1S/C37H32ClF5N2O8S/c38-24-7-5-20(6-8-24)15-44(54(50,51)36-34(42)32(40)31(39)33(41)35(36)43)17-30(47)45(25-9-10-28(37(48)49)29(46)13-25)16-23-11-26(52-18-21-1-2-21)14-27(12-23)53-19-22-3-4-22/h5-14,21-22,46H,1-4,15-19H2,(H,48,49). The second-order valence-corrected chi connectivity index (χ2v) is 15.4. The largest absolute Gasteiger partial charge is 0.507 e. The molecule has 2 fully saturated rings. The lowest BCUT2D eigenvalue weighted by atomic mass is 10.1. The Balaban J connectivity index is 1.41. The molecule has 2 aliphatic rings. The molecule has 10 nitrogen and oxygen atoms in total. The molecule has 0 spiro atoms. The predicted octanol–water partition coefficient (Wildman–Crippen LogP) is 7.44. The van der Waals surface area contributed by atoms with E-state index in [4.69, 9.17) is 21.1 Å². The number of anilines is 1. The zero-order valence-electron chi connectivity index (χ0n) is 28.2. The number of aromatic hydroxyl groups is 1. The zero-order chi connectivity index (χ0) is 38.9. The van der Waals surface area contributed by atoms with E-state index in [1.165, 1.54) is 30.3 Å². The summed E-state index contributed by atoms with van der Waals surface area (Å²) in [6.45, 7) is -1.56. The first kappa shape index (κ1) is 38.8. The SMILES string of the molecule is O=C(O)c1ccc(N(Cc2cc(OCC3CC3)cc(OCC3CC3)c2)C(=O)CN(Cc2ccc(Cl)cc2)S(=O)(=O)c2c(F)c(F)c(F)c(F)c2F)cc1O. The molecule has 2 aliphatic carbocycles. The molecular weight excluding hydrogens is 763 g/mol. The third-order valence-electron chi connectivity index (χ3n) is 8.82. The third-order valence-corrected chi connectivity index (χ3v) is 10.9. The van der Waals surface area contributed by atoms with Crippen LogP contribution in [0.3, 0.4) is 0 Å². The van der Waals surface area contributed by atoms with E-state index in [-0.39, 0.29) is 27.1 Å². The number of halogens is 6. The topological polar surface area (TPSA) is 134 Å². The lowest BCUT2D eigenvalue weighted by Gasteiger charge is -2.28. The van der Waals surface area contributed by atoms with E-state index in [9.17, 15) is 41.4 Å². The Hall–Kier alpha value is -4.93. The molecular formula is C37H32ClF5N2O8S. The molecule has 4 aromatic carbocycles. The van der Waals surface area contributed by atoms with Crippen LogP contribution in [-0.2, 0) is 27.9 Å². The van der Waals surface area contributed by atoms with Crippen LogP contribution in [0.25, 0.3) is 0 Å². The summed E-state index contributed by atoms with van der Waals surface area (Å²) in [6, 6.07) is 13.4. The Kier molecular flexibility index (Phi) is 11.4. The summed E-state index contributed by atoms with van der Waals surface area (Å²) in [4.78, 5) is 24.8. The van der Waals surface area contributed by atoms with Crippen molar-refractivity contribution in [3.63, 3.8) is 0 Å². The van der Waals surface area contributed by atoms with E-state index >= 15 is 8.78 Å². The molecule has 0 aliphatic heterocycles. The van der Waals surface area contributed by atoms with Gasteiger partial charge >= 0.3 is 5.97 Å². The normalized spacial score (nSPS) is 14.3. The monoisotopic (exact) mass is 794 g/mol. The van der Waals surface area contributed by atoms with E-state index in [1.807, 2.05) is 0 Å². The smallest absolute Gasteiger partial charge is 0.339 e. The second kappa shape index (κ2) is 15.8. The van der Waals surface area contributed by atoms with Gasteiger partial charge in [0.05, 0.1) is 26.3 Å². The number of benzene rings is 4. The highest BCUT2D eigenvalue weighted by molar-refractivity contribution is 7.89. The van der Waals surface area contributed by atoms with E-state index in [1.54, 1.807) is 18.2 Å². The maximum atomic E-state index is 15.0. The van der Waals surface area contributed by atoms with Gasteiger partial charge in [0, 0.05) is 29.4 Å². The fourth-order valence-electron chi connectivity index (χ4n) is 5.46. The Morgan fingerprint density at radius 3 is 1.78 bits per heavy atom. The second-order valence-electron chi connectivity index (χ2n) is 13.1. The fourth-order valence-corrected chi connectivity index (χ4v) is 7.07. The number of phenols is 1. The average molecular weight is 795 g/mol. The number of hydrogen-bond donors (Lipinski definition) is 2. The first-order valence-electron chi connectivity index (χ1n) is 16.6. The van der Waals surface area contributed by atoms with Gasteiger partial charge < -0.3 is 24.6 Å². The lowest BCUT2D eigenvalue weighted by Crippen LogP contribution is -2.43. The maximum Gasteiger partial charge on any atom is 0.339 e. The van der Waals surface area contributed by atoms with Gasteiger partial charge in [0.25, 0.3) is 0 Å². The first-order valence-corrected chi connectivity index (χ1v) is 18.5. The number of sulfonamides is 1. The van der Waals surface area contributed by atoms with Gasteiger partial charge in [-0.3, -0.25) is 4.79 Å². The molecule has 286 valence electrons. The molecule has 54 heavy (non-hydrogen) atoms. The predicted molar refractivity (Wildman–Crippen MR) is 184 cm³/mol. The number of carbonyl (C=O) groups excluding carboxylic acids is 1. The van der Waals surface area contributed by atoms with E-state index in [0.29, 0.717) is 42.1 Å². The molecule has 0 bridgehead atoms. The number of aromatic carboxylic acids is 1. The van der Waals surface area contributed by atoms with Crippen molar-refractivity contribution in [1.82, 2.24) is 4.31 Å². The number of rotatable bonds is 16. The average Bonchev–Trinajstić information content (AvgIpc) is 4.07. The number of ether oxygens (including phenoxy) is 2. The molecule has 2 N–H and O–H groups in total. The summed E-state index contributed by atoms with van der Waals surface area (Å²) in [5.74, 6) is -14.6. The number of carbonyl (C=O) groups is 2. The van der Waals surface area contributed by atoms with Crippen LogP contribution < -0.4 is 14.4 Å². The van der Waals surface area contributed by atoms with Gasteiger partial charge in [0.2, 0.25) is 21.7 Å². The van der Waals surface area contributed by atoms with Crippen LogP contribution in [0.15, 0.2) is 65.6 Å². The molecule has 0 aromatic heterocycles. The van der Waals surface area contributed by atoms with E-state index < -0.39 is 80.3 Å². The lowest BCUT2D eigenvalue weighted by molar-refractivity contribution is -0.119. The van der Waals surface area contributed by atoms with Crippen molar-refractivity contribution < 1.29 is 59.6 Å². The van der Waals surface area contributed by atoms with Gasteiger partial charge in [-0.15, -0.1) is 0 Å². The molecule has 1 amide bonds. The molecule has 17 heteroatoms. The Labute approximate surface area is 311 Å². The van der Waals surface area contributed by atoms with Crippen molar-refractivity contribution in [1.29, 1.82) is 0 Å².